The molecule has 0 aromatic heterocycles. The first kappa shape index (κ1) is 20.7. The van der Waals surface area contributed by atoms with E-state index in [9.17, 15) is 4.79 Å². The molecule has 1 N–H and O–H groups in total. The molecule has 0 fully saturated rings. The van der Waals surface area contributed by atoms with Crippen molar-refractivity contribution < 1.29 is 19.0 Å². The molecule has 30 heavy (non-hydrogen) atoms. The fourth-order valence-corrected chi connectivity index (χ4v) is 2.56. The molecule has 3 aromatic carbocycles. The number of esters is 1. The number of para-hydroxylation sites is 1. The second-order valence-corrected chi connectivity index (χ2v) is 6.17. The number of anilines is 1. The van der Waals surface area contributed by atoms with Crippen LogP contribution in [0.25, 0.3) is 6.08 Å². The Hall–Kier alpha value is -4.06. The highest BCUT2D eigenvalue weighted by molar-refractivity contribution is 5.89. The number of hydrogen-bond donors (Lipinski definition) is 1. The summed E-state index contributed by atoms with van der Waals surface area (Å²) >= 11 is 0. The Bertz CT molecular complexity index is 1030. The van der Waals surface area contributed by atoms with Crippen LogP contribution in [-0.2, 0) is 4.79 Å². The van der Waals surface area contributed by atoms with Crippen molar-refractivity contribution >= 4 is 23.9 Å². The van der Waals surface area contributed by atoms with Crippen LogP contribution < -0.4 is 19.6 Å². The van der Waals surface area contributed by atoms with Crippen molar-refractivity contribution in [1.82, 2.24) is 0 Å². The number of carbonyl (C=O) groups is 1. The van der Waals surface area contributed by atoms with Crippen LogP contribution in [0.5, 0.6) is 17.2 Å². The first-order chi connectivity index (χ1) is 14.7. The van der Waals surface area contributed by atoms with E-state index in [-0.39, 0.29) is 0 Å². The number of hydrazone groups is 1. The Morgan fingerprint density at radius 1 is 0.867 bits per heavy atom. The van der Waals surface area contributed by atoms with Crippen molar-refractivity contribution in [1.29, 1.82) is 0 Å². The lowest BCUT2D eigenvalue weighted by atomic mass is 10.2. The van der Waals surface area contributed by atoms with E-state index in [0.29, 0.717) is 11.5 Å². The van der Waals surface area contributed by atoms with E-state index in [1.807, 2.05) is 54.6 Å². The second kappa shape index (κ2) is 10.5. The van der Waals surface area contributed by atoms with Gasteiger partial charge in [-0.25, -0.2) is 4.79 Å². The largest absolute Gasteiger partial charge is 0.497 e. The highest BCUT2D eigenvalue weighted by Crippen LogP contribution is 2.28. The summed E-state index contributed by atoms with van der Waals surface area (Å²) in [6.45, 7) is 0. The number of benzene rings is 3. The lowest BCUT2D eigenvalue weighted by Gasteiger charge is -2.08. The fraction of sp³-hybridized carbons (Fsp3) is 0.0833. The molecule has 3 rings (SSSR count). The van der Waals surface area contributed by atoms with E-state index in [1.165, 1.54) is 13.2 Å². The van der Waals surface area contributed by atoms with Crippen LogP contribution in [-0.4, -0.2) is 26.4 Å². The van der Waals surface area contributed by atoms with Crippen molar-refractivity contribution in [2.75, 3.05) is 19.6 Å². The second-order valence-electron chi connectivity index (χ2n) is 6.17. The third-order valence-electron chi connectivity index (χ3n) is 4.11. The van der Waals surface area contributed by atoms with E-state index >= 15 is 0 Å². The minimum atomic E-state index is -0.503. The summed E-state index contributed by atoms with van der Waals surface area (Å²) < 4.78 is 15.9. The quantitative estimate of drug-likeness (QED) is 0.193. The van der Waals surface area contributed by atoms with Gasteiger partial charge in [-0.15, -0.1) is 0 Å². The number of nitrogens with zero attached hydrogens (tertiary/aromatic N) is 1. The van der Waals surface area contributed by atoms with E-state index in [4.69, 9.17) is 14.2 Å². The molecule has 0 unspecified atom stereocenters. The highest BCUT2D eigenvalue weighted by atomic mass is 16.6. The van der Waals surface area contributed by atoms with E-state index in [0.717, 1.165) is 22.6 Å². The molecule has 3 aromatic rings. The minimum absolute atomic E-state index is 0.329. The zero-order valence-corrected chi connectivity index (χ0v) is 16.7. The van der Waals surface area contributed by atoms with Crippen molar-refractivity contribution in [3.05, 3.63) is 90.0 Å². The molecular formula is C24H22N2O4. The number of carbonyl (C=O) groups excluding carboxylic acids is 1. The van der Waals surface area contributed by atoms with Crippen molar-refractivity contribution in [3.63, 3.8) is 0 Å². The van der Waals surface area contributed by atoms with Crippen LogP contribution in [0.3, 0.4) is 0 Å². The summed E-state index contributed by atoms with van der Waals surface area (Å²) in [6.07, 6.45) is 4.69. The topological polar surface area (TPSA) is 69.2 Å². The molecule has 6 heteroatoms. The normalized spacial score (nSPS) is 10.9. The van der Waals surface area contributed by atoms with Gasteiger partial charge < -0.3 is 14.2 Å². The van der Waals surface area contributed by atoms with Crippen LogP contribution >= 0.6 is 0 Å². The summed E-state index contributed by atoms with van der Waals surface area (Å²) in [7, 11) is 3.12. The predicted octanol–water partition coefficient (Wildman–Crippen LogP) is 4.77. The Kier molecular flexibility index (Phi) is 7.22. The van der Waals surface area contributed by atoms with Gasteiger partial charge in [0.05, 0.1) is 26.1 Å². The van der Waals surface area contributed by atoms with Gasteiger partial charge in [-0.3, -0.25) is 5.43 Å². The average molecular weight is 402 g/mol. The molecular weight excluding hydrogens is 380 g/mol. The van der Waals surface area contributed by atoms with E-state index < -0.39 is 5.97 Å². The first-order valence-corrected chi connectivity index (χ1v) is 9.24. The summed E-state index contributed by atoms with van der Waals surface area (Å²) in [5.74, 6) is 1.01. The van der Waals surface area contributed by atoms with E-state index in [2.05, 4.69) is 10.5 Å². The van der Waals surface area contributed by atoms with Crippen LogP contribution in [0.15, 0.2) is 84.0 Å². The molecule has 0 aliphatic carbocycles. The summed E-state index contributed by atoms with van der Waals surface area (Å²) in [5.41, 5.74) is 5.48. The molecule has 0 radical (unpaired) electrons. The number of hydrogen-bond acceptors (Lipinski definition) is 6. The smallest absolute Gasteiger partial charge is 0.336 e. The lowest BCUT2D eigenvalue weighted by molar-refractivity contribution is -0.129. The molecule has 152 valence electrons. The van der Waals surface area contributed by atoms with Crippen molar-refractivity contribution in [2.24, 2.45) is 5.10 Å². The summed E-state index contributed by atoms with van der Waals surface area (Å²) in [4.78, 5) is 12.2. The van der Waals surface area contributed by atoms with Crippen LogP contribution in [0.4, 0.5) is 5.69 Å². The minimum Gasteiger partial charge on any atom is -0.497 e. The number of rotatable bonds is 8. The molecule has 0 atom stereocenters. The molecule has 0 amide bonds. The molecule has 0 spiro atoms. The Morgan fingerprint density at radius 3 is 2.30 bits per heavy atom. The average Bonchev–Trinajstić information content (AvgIpc) is 2.79. The maximum absolute atomic E-state index is 12.2. The molecule has 6 nitrogen and oxygen atoms in total. The maximum Gasteiger partial charge on any atom is 0.336 e. The third kappa shape index (κ3) is 5.97. The van der Waals surface area contributed by atoms with Gasteiger partial charge in [-0.05, 0) is 59.7 Å². The fourth-order valence-electron chi connectivity index (χ4n) is 2.56. The molecule has 0 aliphatic heterocycles. The molecule has 0 bridgehead atoms. The third-order valence-corrected chi connectivity index (χ3v) is 4.11. The molecule has 0 saturated heterocycles. The lowest BCUT2D eigenvalue weighted by Crippen LogP contribution is -2.05. The van der Waals surface area contributed by atoms with Crippen molar-refractivity contribution in [3.8, 4) is 17.2 Å². The van der Waals surface area contributed by atoms with Gasteiger partial charge in [0, 0.05) is 6.08 Å². The Morgan fingerprint density at radius 2 is 1.60 bits per heavy atom. The molecule has 0 aliphatic rings. The zero-order valence-electron chi connectivity index (χ0n) is 16.7. The van der Waals surface area contributed by atoms with Crippen molar-refractivity contribution in [2.45, 2.75) is 0 Å². The number of ether oxygens (including phenoxy) is 3. The van der Waals surface area contributed by atoms with Gasteiger partial charge >= 0.3 is 5.97 Å². The maximum atomic E-state index is 12.2. The highest BCUT2D eigenvalue weighted by Gasteiger charge is 2.08. The molecule has 0 heterocycles. The van der Waals surface area contributed by atoms with Crippen LogP contribution in [0.2, 0.25) is 0 Å². The Balaban J connectivity index is 1.62. The summed E-state index contributed by atoms with van der Waals surface area (Å²) in [6, 6.07) is 22.2. The first-order valence-electron chi connectivity index (χ1n) is 9.24. The van der Waals surface area contributed by atoms with Gasteiger partial charge in [-0.2, -0.15) is 5.10 Å². The van der Waals surface area contributed by atoms with Gasteiger partial charge in [0.1, 0.15) is 5.75 Å². The van der Waals surface area contributed by atoms with Gasteiger partial charge in [0.15, 0.2) is 11.5 Å². The van der Waals surface area contributed by atoms with Crippen LogP contribution in [0, 0.1) is 0 Å². The number of nitrogens with one attached hydrogen (secondary N) is 1. The zero-order chi connectivity index (χ0) is 21.2. The van der Waals surface area contributed by atoms with Crippen LogP contribution in [0.1, 0.15) is 11.1 Å². The molecule has 0 saturated carbocycles. The van der Waals surface area contributed by atoms with Gasteiger partial charge in [0.25, 0.3) is 0 Å². The SMILES string of the molecule is COc1ccc(/C=C/C(=O)Oc2ccc(/C=N/Nc3ccccc3)cc2OC)cc1. The monoisotopic (exact) mass is 402 g/mol. The standard InChI is InChI=1S/C24H22N2O4/c1-28-21-12-8-18(9-13-21)11-15-24(27)30-22-14-10-19(16-23(22)29-2)17-25-26-20-6-4-3-5-7-20/h3-17,26H,1-2H3/b15-11+,25-17+. The van der Waals surface area contributed by atoms with Gasteiger partial charge in [0.2, 0.25) is 0 Å². The summed E-state index contributed by atoms with van der Waals surface area (Å²) in [5, 5.41) is 4.19. The number of methoxy groups -OCH3 is 2. The predicted molar refractivity (Wildman–Crippen MR) is 118 cm³/mol. The van der Waals surface area contributed by atoms with Gasteiger partial charge in [-0.1, -0.05) is 30.3 Å². The Labute approximate surface area is 175 Å². The van der Waals surface area contributed by atoms with E-state index in [1.54, 1.807) is 37.6 Å².